The molecule has 2 heterocycles. The van der Waals surface area contributed by atoms with Gasteiger partial charge in [0, 0.05) is 5.56 Å². The number of nitrogens with one attached hydrogen (secondary N) is 1. The Morgan fingerprint density at radius 3 is 2.63 bits per heavy atom. The van der Waals surface area contributed by atoms with Crippen molar-refractivity contribution in [1.29, 1.82) is 0 Å². The summed E-state index contributed by atoms with van der Waals surface area (Å²) >= 11 is 0. The summed E-state index contributed by atoms with van der Waals surface area (Å²) in [5.74, 6) is -0.224. The molecule has 6 nitrogen and oxygen atoms in total. The molecule has 9 heteroatoms. The van der Waals surface area contributed by atoms with E-state index in [1.54, 1.807) is 6.92 Å². The van der Waals surface area contributed by atoms with Gasteiger partial charge in [0.1, 0.15) is 11.4 Å². The van der Waals surface area contributed by atoms with Gasteiger partial charge >= 0.3 is 12.1 Å². The van der Waals surface area contributed by atoms with Gasteiger partial charge in [-0.15, -0.1) is 5.10 Å². The normalized spacial score (nSPS) is 16.9. The van der Waals surface area contributed by atoms with Crippen LogP contribution in [0.4, 0.5) is 13.2 Å². The highest BCUT2D eigenvalue weighted by atomic mass is 19.4. The Labute approximate surface area is 172 Å². The Morgan fingerprint density at radius 2 is 2.03 bits per heavy atom. The molecule has 162 valence electrons. The number of esters is 1. The van der Waals surface area contributed by atoms with Crippen LogP contribution in [0, 0.1) is 12.8 Å². The van der Waals surface area contributed by atoms with Crippen LogP contribution in [0.2, 0.25) is 0 Å². The fourth-order valence-corrected chi connectivity index (χ4v) is 3.78. The summed E-state index contributed by atoms with van der Waals surface area (Å²) in [5, 5.41) is 11.9. The van der Waals surface area contributed by atoms with Gasteiger partial charge in [-0.2, -0.15) is 18.3 Å². The molecule has 1 aromatic carbocycles. The Morgan fingerprint density at radius 1 is 1.27 bits per heavy atom. The Bertz CT molecular complexity index is 926. The van der Waals surface area contributed by atoms with Crippen LogP contribution in [0.15, 0.2) is 18.2 Å². The molecular formula is C21H24F3N3O3. The minimum absolute atomic E-state index is 0.00210. The van der Waals surface area contributed by atoms with Gasteiger partial charge in [0.2, 0.25) is 0 Å². The minimum atomic E-state index is -4.50. The average molecular weight is 423 g/mol. The van der Waals surface area contributed by atoms with Gasteiger partial charge in [0.15, 0.2) is 0 Å². The molecule has 0 saturated carbocycles. The molecule has 1 atom stereocenters. The molecule has 0 amide bonds. The molecule has 30 heavy (non-hydrogen) atoms. The van der Waals surface area contributed by atoms with Gasteiger partial charge < -0.3 is 14.8 Å². The predicted molar refractivity (Wildman–Crippen MR) is 104 cm³/mol. The smallest absolute Gasteiger partial charge is 0.416 e. The first kappa shape index (κ1) is 22.0. The highest BCUT2D eigenvalue weighted by Gasteiger charge is 2.32. The van der Waals surface area contributed by atoms with E-state index < -0.39 is 17.7 Å². The van der Waals surface area contributed by atoms with Crippen LogP contribution in [-0.2, 0) is 17.3 Å². The van der Waals surface area contributed by atoms with E-state index in [1.165, 1.54) is 20.3 Å². The molecule has 1 N–H and O–H groups in total. The van der Waals surface area contributed by atoms with Crippen molar-refractivity contribution in [3.8, 4) is 17.0 Å². The third kappa shape index (κ3) is 4.56. The van der Waals surface area contributed by atoms with Gasteiger partial charge in [-0.1, -0.05) is 0 Å². The van der Waals surface area contributed by atoms with Crippen LogP contribution in [0.25, 0.3) is 11.3 Å². The van der Waals surface area contributed by atoms with E-state index in [4.69, 9.17) is 9.47 Å². The van der Waals surface area contributed by atoms with Gasteiger partial charge in [-0.25, -0.2) is 4.79 Å². The maximum atomic E-state index is 13.1. The first-order valence-corrected chi connectivity index (χ1v) is 9.67. The first-order valence-electron chi connectivity index (χ1n) is 9.67. The Hall–Kier alpha value is -2.68. The highest BCUT2D eigenvalue weighted by Crippen LogP contribution is 2.38. The summed E-state index contributed by atoms with van der Waals surface area (Å²) in [4.78, 5) is 12.5. The Kier molecular flexibility index (Phi) is 6.60. The van der Waals surface area contributed by atoms with Crippen molar-refractivity contribution in [2.24, 2.45) is 5.92 Å². The van der Waals surface area contributed by atoms with Gasteiger partial charge in [0.05, 0.1) is 31.0 Å². The quantitative estimate of drug-likeness (QED) is 0.738. The monoisotopic (exact) mass is 423 g/mol. The molecule has 0 aliphatic carbocycles. The lowest BCUT2D eigenvalue weighted by atomic mass is 9.91. The van der Waals surface area contributed by atoms with Crippen molar-refractivity contribution in [3.63, 3.8) is 0 Å². The van der Waals surface area contributed by atoms with Gasteiger partial charge in [0.25, 0.3) is 0 Å². The van der Waals surface area contributed by atoms with Crippen molar-refractivity contribution in [1.82, 2.24) is 15.5 Å². The SMILES string of the molecule is COC(=O)c1c(CC2CCCNC2)nnc(-c2ccc(C(F)(F)F)cc2OC)c1C. The van der Waals surface area contributed by atoms with E-state index in [-0.39, 0.29) is 11.4 Å². The van der Waals surface area contributed by atoms with Crippen LogP contribution in [-0.4, -0.2) is 43.5 Å². The van der Waals surface area contributed by atoms with Crippen LogP contribution < -0.4 is 10.1 Å². The number of ether oxygens (including phenoxy) is 2. The van der Waals surface area contributed by atoms with Crippen molar-refractivity contribution in [2.45, 2.75) is 32.4 Å². The minimum Gasteiger partial charge on any atom is -0.496 e. The maximum absolute atomic E-state index is 13.1. The number of nitrogens with zero attached hydrogens (tertiary/aromatic N) is 2. The van der Waals surface area contributed by atoms with Crippen molar-refractivity contribution in [3.05, 3.63) is 40.6 Å². The molecule has 1 unspecified atom stereocenters. The molecule has 1 fully saturated rings. The van der Waals surface area contributed by atoms with E-state index in [1.807, 2.05) is 0 Å². The van der Waals surface area contributed by atoms with E-state index in [9.17, 15) is 18.0 Å². The number of rotatable bonds is 5. The van der Waals surface area contributed by atoms with Crippen molar-refractivity contribution < 1.29 is 27.4 Å². The highest BCUT2D eigenvalue weighted by molar-refractivity contribution is 5.94. The second kappa shape index (κ2) is 8.99. The molecular weight excluding hydrogens is 399 g/mol. The van der Waals surface area contributed by atoms with E-state index in [0.29, 0.717) is 34.7 Å². The average Bonchev–Trinajstić information content (AvgIpc) is 2.73. The lowest BCUT2D eigenvalue weighted by molar-refractivity contribution is -0.137. The Balaban J connectivity index is 2.07. The largest absolute Gasteiger partial charge is 0.496 e. The lowest BCUT2D eigenvalue weighted by Crippen LogP contribution is -2.31. The maximum Gasteiger partial charge on any atom is 0.416 e. The number of aromatic nitrogens is 2. The number of piperidine rings is 1. The summed E-state index contributed by atoms with van der Waals surface area (Å²) in [5.41, 5.74) is 1.10. The van der Waals surface area contributed by atoms with Crippen LogP contribution in [0.3, 0.4) is 0 Å². The lowest BCUT2D eigenvalue weighted by Gasteiger charge is -2.23. The molecule has 1 aromatic heterocycles. The van der Waals surface area contributed by atoms with E-state index in [2.05, 4.69) is 15.5 Å². The molecule has 3 rings (SSSR count). The second-order valence-electron chi connectivity index (χ2n) is 7.32. The predicted octanol–water partition coefficient (Wildman–Crippen LogP) is 3.81. The van der Waals surface area contributed by atoms with Crippen molar-refractivity contribution >= 4 is 5.97 Å². The molecule has 0 radical (unpaired) electrons. The van der Waals surface area contributed by atoms with Crippen LogP contribution >= 0.6 is 0 Å². The molecule has 1 aliphatic heterocycles. The second-order valence-corrected chi connectivity index (χ2v) is 7.32. The molecule has 1 saturated heterocycles. The van der Waals surface area contributed by atoms with Gasteiger partial charge in [-0.05, 0) is 69.0 Å². The third-order valence-corrected chi connectivity index (χ3v) is 5.34. The number of alkyl halides is 3. The number of methoxy groups -OCH3 is 2. The zero-order valence-electron chi connectivity index (χ0n) is 17.1. The number of halogens is 3. The molecule has 1 aliphatic rings. The number of benzene rings is 1. The van der Waals surface area contributed by atoms with Crippen molar-refractivity contribution in [2.75, 3.05) is 27.3 Å². The molecule has 0 bridgehead atoms. The number of carbonyl (C=O) groups excluding carboxylic acids is 1. The fraction of sp³-hybridized carbons (Fsp3) is 0.476. The fourth-order valence-electron chi connectivity index (χ4n) is 3.78. The summed E-state index contributed by atoms with van der Waals surface area (Å²) in [6.45, 7) is 3.49. The van der Waals surface area contributed by atoms with Crippen LogP contribution in [0.1, 0.15) is 40.0 Å². The summed E-state index contributed by atoms with van der Waals surface area (Å²) in [6, 6.07) is 3.15. The van der Waals surface area contributed by atoms with E-state index >= 15 is 0 Å². The number of carbonyl (C=O) groups is 1. The molecule has 0 spiro atoms. The summed E-state index contributed by atoms with van der Waals surface area (Å²) in [6.07, 6.45) is -1.87. The first-order chi connectivity index (χ1) is 14.3. The summed E-state index contributed by atoms with van der Waals surface area (Å²) in [7, 11) is 2.57. The van der Waals surface area contributed by atoms with Gasteiger partial charge in [-0.3, -0.25) is 0 Å². The number of hydrogen-bond donors (Lipinski definition) is 1. The zero-order chi connectivity index (χ0) is 21.9. The standard InChI is InChI=1S/C21H24F3N3O3/c1-12-18(20(28)30-3)16(9-13-5-4-8-25-11-13)26-27-19(12)15-7-6-14(21(22,23)24)10-17(15)29-2/h6-7,10,13,25H,4-5,8-9,11H2,1-3H3. The molecule has 2 aromatic rings. The summed E-state index contributed by atoms with van der Waals surface area (Å²) < 4.78 is 49.3. The van der Waals surface area contributed by atoms with E-state index in [0.717, 1.165) is 38.1 Å². The van der Waals surface area contributed by atoms with Crippen LogP contribution in [0.5, 0.6) is 5.75 Å². The number of hydrogen-bond acceptors (Lipinski definition) is 6. The third-order valence-electron chi connectivity index (χ3n) is 5.34. The topological polar surface area (TPSA) is 73.3 Å². The zero-order valence-corrected chi connectivity index (χ0v) is 17.1.